The van der Waals surface area contributed by atoms with Gasteiger partial charge in [-0.2, -0.15) is 0 Å². The van der Waals surface area contributed by atoms with Crippen molar-refractivity contribution in [1.29, 1.82) is 0 Å². The molecule has 1 N–H and O–H groups in total. The highest BCUT2D eigenvalue weighted by atomic mass is 16.5. The van der Waals surface area contributed by atoms with E-state index < -0.39 is 6.10 Å². The maximum Gasteiger partial charge on any atom is 0.140 e. The van der Waals surface area contributed by atoms with E-state index in [4.69, 9.17) is 4.74 Å². The number of hydrogen-bond acceptors (Lipinski definition) is 4. The van der Waals surface area contributed by atoms with Crippen LogP contribution < -0.4 is 0 Å². The molecule has 5 heteroatoms. The molecule has 1 fully saturated rings. The van der Waals surface area contributed by atoms with E-state index >= 15 is 0 Å². The van der Waals surface area contributed by atoms with Gasteiger partial charge in [-0.3, -0.25) is 0 Å². The lowest BCUT2D eigenvalue weighted by Gasteiger charge is -2.32. The van der Waals surface area contributed by atoms with E-state index in [0.29, 0.717) is 12.4 Å². The Morgan fingerprint density at radius 3 is 3.18 bits per heavy atom. The second-order valence-corrected chi connectivity index (χ2v) is 4.60. The number of ether oxygens (including phenoxy) is 1. The smallest absolute Gasteiger partial charge is 0.140 e. The largest absolute Gasteiger partial charge is 0.382 e. The molecule has 0 bridgehead atoms. The van der Waals surface area contributed by atoms with Crippen LogP contribution in [0.2, 0.25) is 0 Å². The summed E-state index contributed by atoms with van der Waals surface area (Å²) in [4.78, 5) is 6.42. The molecule has 2 unspecified atom stereocenters. The van der Waals surface area contributed by atoms with Crippen LogP contribution in [-0.4, -0.2) is 52.4 Å². The number of aliphatic hydroxyl groups is 1. The van der Waals surface area contributed by atoms with Gasteiger partial charge in [-0.1, -0.05) is 6.92 Å². The maximum atomic E-state index is 10.3. The molecule has 0 amide bonds. The van der Waals surface area contributed by atoms with Crippen molar-refractivity contribution in [2.45, 2.75) is 32.1 Å². The van der Waals surface area contributed by atoms with Gasteiger partial charge in [0, 0.05) is 32.0 Å². The lowest BCUT2D eigenvalue weighted by molar-refractivity contribution is -0.0879. The molecule has 0 aliphatic carbocycles. The van der Waals surface area contributed by atoms with E-state index in [-0.39, 0.29) is 6.10 Å². The third-order valence-electron chi connectivity index (χ3n) is 3.13. The molecule has 0 spiro atoms. The van der Waals surface area contributed by atoms with E-state index in [1.165, 1.54) is 0 Å². The molecule has 0 saturated carbocycles. The molecule has 17 heavy (non-hydrogen) atoms. The summed E-state index contributed by atoms with van der Waals surface area (Å²) in [5, 5.41) is 10.3. The first kappa shape index (κ1) is 12.5. The van der Waals surface area contributed by atoms with E-state index in [0.717, 1.165) is 26.1 Å². The zero-order chi connectivity index (χ0) is 12.3. The van der Waals surface area contributed by atoms with E-state index in [2.05, 4.69) is 16.8 Å². The van der Waals surface area contributed by atoms with E-state index in [1.54, 1.807) is 6.20 Å². The van der Waals surface area contributed by atoms with Gasteiger partial charge in [0.25, 0.3) is 0 Å². The number of imidazole rings is 1. The van der Waals surface area contributed by atoms with Crippen molar-refractivity contribution in [1.82, 2.24) is 14.5 Å². The molecule has 5 nitrogen and oxygen atoms in total. The lowest BCUT2D eigenvalue weighted by atomic mass is 10.1. The fourth-order valence-electron chi connectivity index (χ4n) is 2.19. The Labute approximate surface area is 102 Å². The normalized spacial score (nSPS) is 23.8. The fraction of sp³-hybridized carbons (Fsp3) is 0.750. The number of rotatable bonds is 4. The zero-order valence-corrected chi connectivity index (χ0v) is 10.5. The molecule has 96 valence electrons. The van der Waals surface area contributed by atoms with Gasteiger partial charge < -0.3 is 19.3 Å². The molecule has 0 radical (unpaired) electrons. The summed E-state index contributed by atoms with van der Waals surface area (Å²) in [6.07, 6.45) is 3.86. The van der Waals surface area contributed by atoms with Gasteiger partial charge in [0.15, 0.2) is 0 Å². The summed E-state index contributed by atoms with van der Waals surface area (Å²) in [6, 6.07) is 0. The Morgan fingerprint density at radius 2 is 2.47 bits per heavy atom. The van der Waals surface area contributed by atoms with Gasteiger partial charge in [0.05, 0.1) is 6.61 Å². The minimum Gasteiger partial charge on any atom is -0.382 e. The maximum absolute atomic E-state index is 10.3. The van der Waals surface area contributed by atoms with Crippen molar-refractivity contribution in [3.63, 3.8) is 0 Å². The van der Waals surface area contributed by atoms with Gasteiger partial charge in [0.1, 0.15) is 18.0 Å². The molecule has 1 aliphatic rings. The van der Waals surface area contributed by atoms with E-state index in [1.807, 2.05) is 17.8 Å². The topological polar surface area (TPSA) is 50.5 Å². The standard InChI is InChI=1S/C12H21N3O2/c1-3-5-15-6-4-13-12(15)11(16)10-9-14(2)7-8-17-10/h4,6,10-11,16H,3,5,7-9H2,1-2H3. The second-order valence-electron chi connectivity index (χ2n) is 4.60. The molecular weight excluding hydrogens is 218 g/mol. The average molecular weight is 239 g/mol. The molecule has 1 aromatic rings. The molecule has 2 atom stereocenters. The number of morpholine rings is 1. The van der Waals surface area contributed by atoms with Crippen molar-refractivity contribution in [2.75, 3.05) is 26.7 Å². The van der Waals surface area contributed by atoms with Crippen LogP contribution in [0, 0.1) is 0 Å². The highest BCUT2D eigenvalue weighted by Crippen LogP contribution is 2.20. The number of aryl methyl sites for hydroxylation is 1. The van der Waals surface area contributed by atoms with Crippen molar-refractivity contribution < 1.29 is 9.84 Å². The Balaban J connectivity index is 2.07. The van der Waals surface area contributed by atoms with Gasteiger partial charge >= 0.3 is 0 Å². The number of hydrogen-bond donors (Lipinski definition) is 1. The third-order valence-corrected chi connectivity index (χ3v) is 3.13. The van der Waals surface area contributed by atoms with Crippen molar-refractivity contribution in [3.05, 3.63) is 18.2 Å². The van der Waals surface area contributed by atoms with E-state index in [9.17, 15) is 5.11 Å². The summed E-state index contributed by atoms with van der Waals surface area (Å²) in [6.45, 7) is 5.34. The molecule has 2 heterocycles. The predicted molar refractivity (Wildman–Crippen MR) is 64.7 cm³/mol. The zero-order valence-electron chi connectivity index (χ0n) is 10.5. The summed E-state index contributed by atoms with van der Waals surface area (Å²) < 4.78 is 7.62. The highest BCUT2D eigenvalue weighted by Gasteiger charge is 2.29. The average Bonchev–Trinajstić information content (AvgIpc) is 2.77. The Kier molecular flexibility index (Phi) is 4.15. The minimum atomic E-state index is -0.640. The fourth-order valence-corrected chi connectivity index (χ4v) is 2.19. The van der Waals surface area contributed by atoms with Crippen LogP contribution in [0.3, 0.4) is 0 Å². The third kappa shape index (κ3) is 2.86. The summed E-state index contributed by atoms with van der Waals surface area (Å²) in [7, 11) is 2.04. The number of aliphatic hydroxyl groups excluding tert-OH is 1. The van der Waals surface area contributed by atoms with Gasteiger partial charge in [-0.15, -0.1) is 0 Å². The highest BCUT2D eigenvalue weighted by molar-refractivity contribution is 5.00. The molecule has 1 saturated heterocycles. The van der Waals surface area contributed by atoms with Crippen LogP contribution in [0.15, 0.2) is 12.4 Å². The molecule has 1 aromatic heterocycles. The van der Waals surface area contributed by atoms with Crippen LogP contribution in [0.5, 0.6) is 0 Å². The predicted octanol–water partition coefficient (Wildman–Crippen LogP) is 0.657. The van der Waals surface area contributed by atoms with Crippen LogP contribution in [0.4, 0.5) is 0 Å². The number of nitrogens with zero attached hydrogens (tertiary/aromatic N) is 3. The first-order valence-electron chi connectivity index (χ1n) is 6.21. The van der Waals surface area contributed by atoms with Crippen LogP contribution in [0.1, 0.15) is 25.3 Å². The number of aromatic nitrogens is 2. The van der Waals surface area contributed by atoms with Gasteiger partial charge in [-0.05, 0) is 13.5 Å². The molecule has 0 aromatic carbocycles. The molecular formula is C12H21N3O2. The van der Waals surface area contributed by atoms with Gasteiger partial charge in [-0.25, -0.2) is 4.98 Å². The van der Waals surface area contributed by atoms with Crippen LogP contribution in [-0.2, 0) is 11.3 Å². The van der Waals surface area contributed by atoms with Crippen molar-refractivity contribution in [2.24, 2.45) is 0 Å². The molecule has 1 aliphatic heterocycles. The number of likely N-dealkylation sites (N-methyl/N-ethyl adjacent to an activating group) is 1. The Bertz CT molecular complexity index is 353. The minimum absolute atomic E-state index is 0.174. The SMILES string of the molecule is CCCn1ccnc1C(O)C1CN(C)CCO1. The summed E-state index contributed by atoms with van der Waals surface area (Å²) >= 11 is 0. The Hall–Kier alpha value is -0.910. The summed E-state index contributed by atoms with van der Waals surface area (Å²) in [5.41, 5.74) is 0. The van der Waals surface area contributed by atoms with Gasteiger partial charge in [0.2, 0.25) is 0 Å². The lowest BCUT2D eigenvalue weighted by Crippen LogP contribution is -2.43. The quantitative estimate of drug-likeness (QED) is 0.838. The first-order chi connectivity index (χ1) is 8.22. The monoisotopic (exact) mass is 239 g/mol. The van der Waals surface area contributed by atoms with Crippen LogP contribution >= 0.6 is 0 Å². The second kappa shape index (κ2) is 5.62. The van der Waals surface area contributed by atoms with Crippen molar-refractivity contribution in [3.8, 4) is 0 Å². The van der Waals surface area contributed by atoms with Crippen molar-refractivity contribution >= 4 is 0 Å². The first-order valence-corrected chi connectivity index (χ1v) is 6.21. The summed E-state index contributed by atoms with van der Waals surface area (Å²) in [5.74, 6) is 0.715. The molecule has 2 rings (SSSR count). The van der Waals surface area contributed by atoms with Crippen LogP contribution in [0.25, 0.3) is 0 Å². The Morgan fingerprint density at radius 1 is 1.65 bits per heavy atom.